The summed E-state index contributed by atoms with van der Waals surface area (Å²) in [4.78, 5) is 12.8. The lowest BCUT2D eigenvalue weighted by Gasteiger charge is -2.18. The molecule has 1 amide bonds. The van der Waals surface area contributed by atoms with Gasteiger partial charge in [0.15, 0.2) is 0 Å². The standard InChI is InChI=1S/C25H24ClN5O2/c1-2-10-30-21-13-20(26)23(17-4-3-5-18(27)11-17)19(24(21)33)12-22(32)31-14-15-6-8-16(9-7-15)25(28)29/h1,3-9,11,13,30,33H,10,12,14,27H2,(H3,28,29)(H,31,32). The number of phenolic OH excluding ortho intramolecular Hbond substituents is 1. The Kier molecular flexibility index (Phi) is 7.44. The van der Waals surface area contributed by atoms with E-state index in [2.05, 4.69) is 16.6 Å². The van der Waals surface area contributed by atoms with Gasteiger partial charge in [0.25, 0.3) is 0 Å². The Morgan fingerprint density at radius 1 is 1.18 bits per heavy atom. The summed E-state index contributed by atoms with van der Waals surface area (Å²) in [5.74, 6) is 2.01. The third kappa shape index (κ3) is 5.76. The third-order valence-electron chi connectivity index (χ3n) is 5.00. The van der Waals surface area contributed by atoms with E-state index in [1.54, 1.807) is 48.5 Å². The number of terminal acetylenes is 1. The van der Waals surface area contributed by atoms with Gasteiger partial charge < -0.3 is 27.2 Å². The molecule has 0 radical (unpaired) electrons. The van der Waals surface area contributed by atoms with Crippen LogP contribution in [0.25, 0.3) is 11.1 Å². The third-order valence-corrected chi connectivity index (χ3v) is 5.30. The van der Waals surface area contributed by atoms with Gasteiger partial charge in [-0.25, -0.2) is 0 Å². The highest BCUT2D eigenvalue weighted by molar-refractivity contribution is 6.34. The van der Waals surface area contributed by atoms with Crippen molar-refractivity contribution in [3.05, 3.63) is 76.3 Å². The summed E-state index contributed by atoms with van der Waals surface area (Å²) < 4.78 is 0. The van der Waals surface area contributed by atoms with Gasteiger partial charge in [0.2, 0.25) is 5.91 Å². The van der Waals surface area contributed by atoms with Gasteiger partial charge in [-0.3, -0.25) is 10.2 Å². The SMILES string of the molecule is C#CCNc1cc(Cl)c(-c2cccc(N)c2)c(CC(=O)NCc2ccc(C(=N)N)cc2)c1O. The van der Waals surface area contributed by atoms with Crippen molar-refractivity contribution in [2.75, 3.05) is 17.6 Å². The number of carbonyl (C=O) groups is 1. The molecule has 8 heteroatoms. The fraction of sp³-hybridized carbons (Fsp3) is 0.120. The number of anilines is 2. The Hall–Kier alpha value is -4.15. The van der Waals surface area contributed by atoms with Crippen LogP contribution in [0.1, 0.15) is 16.7 Å². The van der Waals surface area contributed by atoms with Gasteiger partial charge in [0, 0.05) is 28.9 Å². The molecule has 0 aromatic heterocycles. The molecule has 33 heavy (non-hydrogen) atoms. The zero-order valence-corrected chi connectivity index (χ0v) is 18.5. The fourth-order valence-corrected chi connectivity index (χ4v) is 3.71. The molecule has 0 unspecified atom stereocenters. The van der Waals surface area contributed by atoms with E-state index >= 15 is 0 Å². The quantitative estimate of drug-likeness (QED) is 0.100. The normalized spacial score (nSPS) is 10.3. The Labute approximate surface area is 197 Å². The van der Waals surface area contributed by atoms with Crippen molar-refractivity contribution in [1.29, 1.82) is 5.41 Å². The first-order valence-electron chi connectivity index (χ1n) is 10.1. The fourth-order valence-electron chi connectivity index (χ4n) is 3.38. The molecule has 3 aromatic carbocycles. The van der Waals surface area contributed by atoms with Crippen LogP contribution in [0.3, 0.4) is 0 Å². The molecule has 8 N–H and O–H groups in total. The first-order valence-corrected chi connectivity index (χ1v) is 10.5. The van der Waals surface area contributed by atoms with E-state index in [0.717, 1.165) is 5.56 Å². The second-order valence-corrected chi connectivity index (χ2v) is 7.76. The van der Waals surface area contributed by atoms with Gasteiger partial charge in [0.1, 0.15) is 11.6 Å². The molecule has 0 saturated heterocycles. The minimum Gasteiger partial charge on any atom is -0.505 e. The second-order valence-electron chi connectivity index (χ2n) is 7.36. The zero-order valence-electron chi connectivity index (χ0n) is 17.8. The van der Waals surface area contributed by atoms with Crippen molar-refractivity contribution in [3.63, 3.8) is 0 Å². The number of amides is 1. The van der Waals surface area contributed by atoms with Crippen LogP contribution in [0.5, 0.6) is 5.75 Å². The molecule has 0 spiro atoms. The molecule has 0 atom stereocenters. The summed E-state index contributed by atoms with van der Waals surface area (Å²) in [6, 6.07) is 15.6. The van der Waals surface area contributed by atoms with Gasteiger partial charge in [-0.2, -0.15) is 0 Å². The summed E-state index contributed by atoms with van der Waals surface area (Å²) >= 11 is 6.57. The largest absolute Gasteiger partial charge is 0.505 e. The average Bonchev–Trinajstić information content (AvgIpc) is 2.79. The van der Waals surface area contributed by atoms with Crippen LogP contribution in [0, 0.1) is 17.8 Å². The number of phenols is 1. The van der Waals surface area contributed by atoms with E-state index in [-0.39, 0.29) is 37.0 Å². The smallest absolute Gasteiger partial charge is 0.224 e. The lowest BCUT2D eigenvalue weighted by Crippen LogP contribution is -2.25. The van der Waals surface area contributed by atoms with Crippen molar-refractivity contribution < 1.29 is 9.90 Å². The average molecular weight is 462 g/mol. The lowest BCUT2D eigenvalue weighted by molar-refractivity contribution is -0.120. The number of hydrogen-bond donors (Lipinski definition) is 6. The molecule has 3 rings (SSSR count). The molecule has 0 heterocycles. The topological polar surface area (TPSA) is 137 Å². The van der Waals surface area contributed by atoms with Crippen LogP contribution < -0.4 is 22.1 Å². The Bertz CT molecular complexity index is 1230. The van der Waals surface area contributed by atoms with Crippen molar-refractivity contribution in [2.24, 2.45) is 5.73 Å². The van der Waals surface area contributed by atoms with Gasteiger partial charge in [-0.15, -0.1) is 6.42 Å². The van der Waals surface area contributed by atoms with Crippen LogP contribution >= 0.6 is 11.6 Å². The molecule has 0 saturated carbocycles. The molecule has 168 valence electrons. The van der Waals surface area contributed by atoms with E-state index in [0.29, 0.717) is 38.7 Å². The highest BCUT2D eigenvalue weighted by Gasteiger charge is 2.21. The number of carbonyl (C=O) groups excluding carboxylic acids is 1. The molecule has 0 aliphatic heterocycles. The van der Waals surface area contributed by atoms with Crippen LogP contribution in [0.2, 0.25) is 5.02 Å². The first-order chi connectivity index (χ1) is 15.8. The van der Waals surface area contributed by atoms with Crippen LogP contribution in [-0.2, 0) is 17.8 Å². The maximum absolute atomic E-state index is 12.8. The van der Waals surface area contributed by atoms with E-state index in [1.165, 1.54) is 0 Å². The molecule has 0 bridgehead atoms. The number of nitrogen functional groups attached to an aromatic ring is 2. The lowest BCUT2D eigenvalue weighted by atomic mass is 9.95. The highest BCUT2D eigenvalue weighted by Crippen LogP contribution is 2.42. The number of nitrogens with one attached hydrogen (secondary N) is 3. The van der Waals surface area contributed by atoms with Gasteiger partial charge in [0.05, 0.1) is 23.7 Å². The first kappa shape index (κ1) is 23.5. The van der Waals surface area contributed by atoms with Gasteiger partial charge in [-0.05, 0) is 29.3 Å². The number of benzene rings is 3. The van der Waals surface area contributed by atoms with Gasteiger partial charge >= 0.3 is 0 Å². The van der Waals surface area contributed by atoms with Crippen molar-refractivity contribution in [2.45, 2.75) is 13.0 Å². The molecular formula is C25H24ClN5O2. The predicted molar refractivity (Wildman–Crippen MR) is 133 cm³/mol. The summed E-state index contributed by atoms with van der Waals surface area (Å²) in [7, 11) is 0. The number of hydrogen-bond acceptors (Lipinski definition) is 5. The van der Waals surface area contributed by atoms with Crippen molar-refractivity contribution in [1.82, 2.24) is 5.32 Å². The minimum atomic E-state index is -0.309. The van der Waals surface area contributed by atoms with E-state index in [9.17, 15) is 9.90 Å². The number of aromatic hydroxyl groups is 1. The highest BCUT2D eigenvalue weighted by atomic mass is 35.5. The van der Waals surface area contributed by atoms with Crippen LogP contribution in [0.15, 0.2) is 54.6 Å². The molecule has 0 fully saturated rings. The maximum Gasteiger partial charge on any atom is 0.224 e. The molecule has 3 aromatic rings. The molecular weight excluding hydrogens is 438 g/mol. The molecule has 7 nitrogen and oxygen atoms in total. The van der Waals surface area contributed by atoms with E-state index in [4.69, 9.17) is 34.9 Å². The predicted octanol–water partition coefficient (Wildman–Crippen LogP) is 3.48. The minimum absolute atomic E-state index is 0.0228. The van der Waals surface area contributed by atoms with Crippen LogP contribution in [-0.4, -0.2) is 23.4 Å². The van der Waals surface area contributed by atoms with E-state index in [1.807, 2.05) is 6.07 Å². The van der Waals surface area contributed by atoms with Crippen molar-refractivity contribution >= 4 is 34.7 Å². The summed E-state index contributed by atoms with van der Waals surface area (Å²) in [5.41, 5.74) is 15.3. The Morgan fingerprint density at radius 2 is 1.91 bits per heavy atom. The summed E-state index contributed by atoms with van der Waals surface area (Å²) in [5, 5.41) is 24.5. The van der Waals surface area contributed by atoms with Crippen molar-refractivity contribution in [3.8, 4) is 29.2 Å². The zero-order chi connectivity index (χ0) is 24.0. The number of amidine groups is 1. The molecule has 0 aliphatic rings. The number of rotatable bonds is 8. The Balaban J connectivity index is 1.89. The van der Waals surface area contributed by atoms with E-state index < -0.39 is 0 Å². The second kappa shape index (κ2) is 10.4. The molecule has 0 aliphatic carbocycles. The van der Waals surface area contributed by atoms with Crippen LogP contribution in [0.4, 0.5) is 11.4 Å². The number of nitrogens with two attached hydrogens (primary N) is 2. The maximum atomic E-state index is 12.8. The van der Waals surface area contributed by atoms with Gasteiger partial charge in [-0.1, -0.05) is 53.9 Å². The summed E-state index contributed by atoms with van der Waals surface area (Å²) in [6.45, 7) is 0.456. The Morgan fingerprint density at radius 3 is 2.55 bits per heavy atom. The summed E-state index contributed by atoms with van der Waals surface area (Å²) in [6.07, 6.45) is 5.20. The monoisotopic (exact) mass is 461 g/mol. The number of halogens is 1.